The lowest BCUT2D eigenvalue weighted by atomic mass is 10.1. The van der Waals surface area contributed by atoms with Crippen LogP contribution in [-0.2, 0) is 4.74 Å². The van der Waals surface area contributed by atoms with Crippen LogP contribution in [0.3, 0.4) is 0 Å². The van der Waals surface area contributed by atoms with Gasteiger partial charge in [0, 0.05) is 11.3 Å². The van der Waals surface area contributed by atoms with Crippen LogP contribution in [0.25, 0.3) is 0 Å². The zero-order valence-electron chi connectivity index (χ0n) is 13.7. The summed E-state index contributed by atoms with van der Waals surface area (Å²) < 4.78 is 56.1. The number of hydrogen-bond acceptors (Lipinski definition) is 6. The van der Waals surface area contributed by atoms with Crippen LogP contribution in [-0.4, -0.2) is 26.6 Å². The van der Waals surface area contributed by atoms with Gasteiger partial charge < -0.3 is 24.3 Å². The van der Waals surface area contributed by atoms with E-state index in [2.05, 4.69) is 10.1 Å². The predicted molar refractivity (Wildman–Crippen MR) is 84.5 cm³/mol. The summed E-state index contributed by atoms with van der Waals surface area (Å²) in [5.41, 5.74) is 1.21. The molecule has 1 aliphatic heterocycles. The van der Waals surface area contributed by atoms with Gasteiger partial charge >= 0.3 is 12.3 Å². The molecule has 0 fully saturated rings. The minimum atomic E-state index is -4.76. The van der Waals surface area contributed by atoms with Crippen molar-refractivity contribution >= 4 is 11.7 Å². The molecule has 0 bridgehead atoms. The van der Waals surface area contributed by atoms with Crippen molar-refractivity contribution in [2.24, 2.45) is 0 Å². The fourth-order valence-electron chi connectivity index (χ4n) is 2.61. The quantitative estimate of drug-likeness (QED) is 0.807. The van der Waals surface area contributed by atoms with E-state index in [1.165, 1.54) is 26.4 Å². The topological polar surface area (TPSA) is 66.0 Å². The largest absolute Gasteiger partial charge is 0.573 e. The maximum atomic E-state index is 12.2. The number of anilines is 1. The average Bonchev–Trinajstić information content (AvgIpc) is 2.90. The molecule has 6 nitrogen and oxygen atoms in total. The molecule has 0 aromatic heterocycles. The first kappa shape index (κ1) is 17.7. The smallest absolute Gasteiger partial charge is 0.493 e. The third kappa shape index (κ3) is 3.46. The second-order valence-corrected chi connectivity index (χ2v) is 5.27. The van der Waals surface area contributed by atoms with E-state index >= 15 is 0 Å². The van der Waals surface area contributed by atoms with E-state index in [9.17, 15) is 18.0 Å². The van der Waals surface area contributed by atoms with Crippen LogP contribution in [0.1, 0.15) is 22.1 Å². The Hall–Kier alpha value is -3.10. The van der Waals surface area contributed by atoms with E-state index in [1.54, 1.807) is 12.1 Å². The van der Waals surface area contributed by atoms with E-state index in [0.717, 1.165) is 12.1 Å². The van der Waals surface area contributed by atoms with Gasteiger partial charge in [-0.05, 0) is 36.4 Å². The third-order valence-electron chi connectivity index (χ3n) is 3.67. The van der Waals surface area contributed by atoms with Crippen LogP contribution < -0.4 is 19.5 Å². The van der Waals surface area contributed by atoms with Crippen LogP contribution in [0.2, 0.25) is 0 Å². The number of esters is 1. The van der Waals surface area contributed by atoms with Crippen LogP contribution in [0.5, 0.6) is 17.2 Å². The highest BCUT2D eigenvalue weighted by molar-refractivity contribution is 5.98. The van der Waals surface area contributed by atoms with Gasteiger partial charge in [0.25, 0.3) is 0 Å². The van der Waals surface area contributed by atoms with Gasteiger partial charge in [-0.1, -0.05) is 0 Å². The van der Waals surface area contributed by atoms with E-state index in [-0.39, 0.29) is 17.1 Å². The molecule has 1 heterocycles. The van der Waals surface area contributed by atoms with Crippen molar-refractivity contribution in [3.63, 3.8) is 0 Å². The molecule has 3 rings (SSSR count). The van der Waals surface area contributed by atoms with Gasteiger partial charge in [0.1, 0.15) is 11.3 Å². The lowest BCUT2D eigenvalue weighted by molar-refractivity contribution is -0.274. The van der Waals surface area contributed by atoms with Crippen molar-refractivity contribution in [3.05, 3.63) is 47.5 Å². The van der Waals surface area contributed by atoms with Crippen LogP contribution in [0.15, 0.2) is 36.4 Å². The summed E-state index contributed by atoms with van der Waals surface area (Å²) in [4.78, 5) is 12.2. The molecule has 0 saturated heterocycles. The summed E-state index contributed by atoms with van der Waals surface area (Å²) in [5, 5.41) is 2.93. The maximum absolute atomic E-state index is 12.2. The van der Waals surface area contributed by atoms with Gasteiger partial charge in [0.15, 0.2) is 11.5 Å². The van der Waals surface area contributed by atoms with Crippen molar-refractivity contribution in [1.82, 2.24) is 0 Å². The number of carbonyl (C=O) groups is 1. The average molecular weight is 369 g/mol. The number of nitrogens with one attached hydrogen (secondary N) is 1. The lowest BCUT2D eigenvalue weighted by Crippen LogP contribution is -2.17. The molecule has 0 aliphatic carbocycles. The minimum absolute atomic E-state index is 0.237. The van der Waals surface area contributed by atoms with Crippen molar-refractivity contribution in [2.75, 3.05) is 19.5 Å². The normalized spacial score (nSPS) is 15.9. The van der Waals surface area contributed by atoms with Gasteiger partial charge in [-0.15, -0.1) is 13.2 Å². The number of benzene rings is 2. The van der Waals surface area contributed by atoms with E-state index in [1.807, 2.05) is 0 Å². The Morgan fingerprint density at radius 2 is 1.73 bits per heavy atom. The van der Waals surface area contributed by atoms with Gasteiger partial charge in [-0.3, -0.25) is 0 Å². The number of fused-ring (bicyclic) bond motifs is 1. The number of halogens is 3. The van der Waals surface area contributed by atoms with E-state index < -0.39 is 18.6 Å². The first-order valence-electron chi connectivity index (χ1n) is 7.40. The summed E-state index contributed by atoms with van der Waals surface area (Å²) in [7, 11) is 2.86. The highest BCUT2D eigenvalue weighted by Gasteiger charge is 2.36. The molecule has 0 saturated carbocycles. The van der Waals surface area contributed by atoms with Crippen molar-refractivity contribution < 1.29 is 36.9 Å². The Bertz CT molecular complexity index is 820. The molecular formula is C17H14F3NO5. The summed E-state index contributed by atoms with van der Waals surface area (Å²) >= 11 is 0. The number of cyclic esters (lactones) is 1. The second kappa shape index (κ2) is 6.66. The number of hydrogen-bond donors (Lipinski definition) is 1. The molecule has 0 spiro atoms. The monoisotopic (exact) mass is 369 g/mol. The maximum Gasteiger partial charge on any atom is 0.573 e. The van der Waals surface area contributed by atoms with Gasteiger partial charge in [-0.25, -0.2) is 4.79 Å². The Morgan fingerprint density at radius 3 is 2.31 bits per heavy atom. The van der Waals surface area contributed by atoms with E-state index in [4.69, 9.17) is 14.2 Å². The summed E-state index contributed by atoms with van der Waals surface area (Å²) in [6.45, 7) is 0. The minimum Gasteiger partial charge on any atom is -0.493 e. The van der Waals surface area contributed by atoms with Gasteiger partial charge in [0.05, 0.1) is 14.2 Å². The first-order chi connectivity index (χ1) is 12.3. The van der Waals surface area contributed by atoms with Crippen LogP contribution in [0, 0.1) is 0 Å². The van der Waals surface area contributed by atoms with E-state index in [0.29, 0.717) is 17.0 Å². The SMILES string of the molecule is COc1ccc2c(c1OC)C(=O)OC2Nc1ccc(OC(F)(F)F)cc1. The Balaban J connectivity index is 1.82. The molecule has 1 unspecified atom stereocenters. The first-order valence-corrected chi connectivity index (χ1v) is 7.40. The highest BCUT2D eigenvalue weighted by Crippen LogP contribution is 2.42. The Labute approximate surface area is 146 Å². The molecule has 1 N–H and O–H groups in total. The Morgan fingerprint density at radius 1 is 1.04 bits per heavy atom. The zero-order valence-corrected chi connectivity index (χ0v) is 13.7. The molecule has 138 valence electrons. The van der Waals surface area contributed by atoms with Crippen LogP contribution >= 0.6 is 0 Å². The molecular weight excluding hydrogens is 355 g/mol. The van der Waals surface area contributed by atoms with Crippen molar-refractivity contribution in [2.45, 2.75) is 12.6 Å². The molecule has 26 heavy (non-hydrogen) atoms. The molecule has 9 heteroatoms. The summed E-state index contributed by atoms with van der Waals surface area (Å²) in [5.74, 6) is -0.297. The van der Waals surface area contributed by atoms with Crippen molar-refractivity contribution in [3.8, 4) is 17.2 Å². The van der Waals surface area contributed by atoms with Gasteiger partial charge in [-0.2, -0.15) is 0 Å². The number of rotatable bonds is 5. The number of alkyl halides is 3. The zero-order chi connectivity index (χ0) is 18.9. The fraction of sp³-hybridized carbons (Fsp3) is 0.235. The molecule has 0 radical (unpaired) electrons. The Kier molecular flexibility index (Phi) is 4.54. The molecule has 1 aliphatic rings. The number of methoxy groups -OCH3 is 2. The predicted octanol–water partition coefficient (Wildman–Crippen LogP) is 3.88. The summed E-state index contributed by atoms with van der Waals surface area (Å²) in [6, 6.07) is 8.36. The third-order valence-corrected chi connectivity index (χ3v) is 3.67. The lowest BCUT2D eigenvalue weighted by Gasteiger charge is -2.15. The second-order valence-electron chi connectivity index (χ2n) is 5.27. The number of carbonyl (C=O) groups excluding carboxylic acids is 1. The molecule has 1 atom stereocenters. The molecule has 0 amide bonds. The fourth-order valence-corrected chi connectivity index (χ4v) is 2.61. The van der Waals surface area contributed by atoms with Crippen LogP contribution in [0.4, 0.5) is 18.9 Å². The highest BCUT2D eigenvalue weighted by atomic mass is 19.4. The molecule has 2 aromatic carbocycles. The number of ether oxygens (including phenoxy) is 4. The van der Waals surface area contributed by atoms with Gasteiger partial charge in [0.2, 0.25) is 6.23 Å². The standard InChI is InChI=1S/C17H14F3NO5/c1-23-12-8-7-11-13(14(12)24-2)16(22)25-15(11)21-9-3-5-10(6-4-9)26-17(18,19)20/h3-8,15,21H,1-2H3. The molecule has 2 aromatic rings. The van der Waals surface area contributed by atoms with Crippen molar-refractivity contribution in [1.29, 1.82) is 0 Å². The summed E-state index contributed by atoms with van der Waals surface area (Å²) in [6.07, 6.45) is -5.57.